The molecule has 0 N–H and O–H groups in total. The van der Waals surface area contributed by atoms with E-state index in [1.807, 2.05) is 4.90 Å². The lowest BCUT2D eigenvalue weighted by Gasteiger charge is -2.26. The summed E-state index contributed by atoms with van der Waals surface area (Å²) in [6.45, 7) is 2.52. The van der Waals surface area contributed by atoms with Crippen LogP contribution in [-0.2, 0) is 4.74 Å². The topological polar surface area (TPSA) is 55.3 Å². The van der Waals surface area contributed by atoms with E-state index in [4.69, 9.17) is 4.74 Å². The largest absolute Gasteiger partial charge is 0.378 e. The van der Waals surface area contributed by atoms with Gasteiger partial charge < -0.3 is 9.64 Å². The minimum Gasteiger partial charge on any atom is -0.378 e. The van der Waals surface area contributed by atoms with Crippen molar-refractivity contribution in [2.75, 3.05) is 31.2 Å². The van der Waals surface area contributed by atoms with Crippen LogP contribution in [0.25, 0.3) is 11.1 Å². The maximum Gasteiger partial charge on any atom is 0.225 e. The Morgan fingerprint density at radius 2 is 1.82 bits per heavy atom. The number of rotatable bonds is 3. The van der Waals surface area contributed by atoms with E-state index in [9.17, 15) is 13.6 Å². The van der Waals surface area contributed by atoms with Crippen LogP contribution in [0.15, 0.2) is 24.5 Å². The van der Waals surface area contributed by atoms with Crippen LogP contribution in [0.3, 0.4) is 0 Å². The number of aldehydes is 1. The Labute approximate surface area is 125 Å². The highest BCUT2D eigenvalue weighted by Gasteiger charge is 2.18. The highest BCUT2D eigenvalue weighted by molar-refractivity contribution is 5.79. The van der Waals surface area contributed by atoms with Crippen molar-refractivity contribution in [2.24, 2.45) is 0 Å². The monoisotopic (exact) mass is 305 g/mol. The Morgan fingerprint density at radius 3 is 2.45 bits per heavy atom. The Balaban J connectivity index is 1.94. The van der Waals surface area contributed by atoms with Crippen molar-refractivity contribution < 1.29 is 18.3 Å². The summed E-state index contributed by atoms with van der Waals surface area (Å²) in [4.78, 5) is 21.0. The van der Waals surface area contributed by atoms with Crippen LogP contribution >= 0.6 is 0 Å². The smallest absolute Gasteiger partial charge is 0.225 e. The molecule has 22 heavy (non-hydrogen) atoms. The fraction of sp³-hybridized carbons (Fsp3) is 0.267. The van der Waals surface area contributed by atoms with Crippen molar-refractivity contribution in [3.05, 3.63) is 41.7 Å². The molecule has 1 fully saturated rings. The molecule has 1 aromatic heterocycles. The van der Waals surface area contributed by atoms with E-state index in [1.54, 1.807) is 0 Å². The molecule has 1 aliphatic rings. The molecule has 0 amide bonds. The average molecular weight is 305 g/mol. The van der Waals surface area contributed by atoms with Crippen molar-refractivity contribution in [1.29, 1.82) is 0 Å². The van der Waals surface area contributed by atoms with Crippen molar-refractivity contribution in [1.82, 2.24) is 9.97 Å². The number of ether oxygens (including phenoxy) is 1. The van der Waals surface area contributed by atoms with Crippen LogP contribution in [0.4, 0.5) is 14.7 Å². The second kappa shape index (κ2) is 6.15. The highest BCUT2D eigenvalue weighted by atomic mass is 19.1. The first-order valence-electron chi connectivity index (χ1n) is 6.79. The number of hydrogen-bond donors (Lipinski definition) is 0. The quantitative estimate of drug-likeness (QED) is 0.813. The Kier molecular flexibility index (Phi) is 4.06. The first kappa shape index (κ1) is 14.5. The minimum atomic E-state index is -0.905. The molecule has 2 heterocycles. The molecule has 1 aliphatic heterocycles. The van der Waals surface area contributed by atoms with Crippen molar-refractivity contribution in [2.45, 2.75) is 0 Å². The molecule has 0 aliphatic carbocycles. The van der Waals surface area contributed by atoms with Gasteiger partial charge >= 0.3 is 0 Å². The second-order valence-electron chi connectivity index (χ2n) is 4.81. The Bertz CT molecular complexity index is 686. The van der Waals surface area contributed by atoms with Crippen molar-refractivity contribution >= 4 is 12.2 Å². The van der Waals surface area contributed by atoms with Gasteiger partial charge in [0.05, 0.1) is 24.3 Å². The van der Waals surface area contributed by atoms with Gasteiger partial charge in [0, 0.05) is 31.0 Å². The number of nitrogens with zero attached hydrogens (tertiary/aromatic N) is 3. The summed E-state index contributed by atoms with van der Waals surface area (Å²) in [5.41, 5.74) is -0.303. The van der Waals surface area contributed by atoms with Crippen LogP contribution in [-0.4, -0.2) is 42.6 Å². The maximum atomic E-state index is 14.1. The molecule has 0 radical (unpaired) electrons. The first-order valence-corrected chi connectivity index (χ1v) is 6.79. The molecule has 2 aromatic rings. The molecule has 5 nitrogen and oxygen atoms in total. The molecule has 0 bridgehead atoms. The first-order chi connectivity index (χ1) is 10.7. The number of morpholine rings is 1. The number of hydrogen-bond acceptors (Lipinski definition) is 5. The molecule has 1 aromatic carbocycles. The zero-order chi connectivity index (χ0) is 15.5. The van der Waals surface area contributed by atoms with E-state index in [1.165, 1.54) is 12.4 Å². The molecule has 7 heteroatoms. The zero-order valence-corrected chi connectivity index (χ0v) is 11.6. The van der Waals surface area contributed by atoms with E-state index in [0.717, 1.165) is 12.1 Å². The van der Waals surface area contributed by atoms with Gasteiger partial charge in [0.25, 0.3) is 0 Å². The lowest BCUT2D eigenvalue weighted by molar-refractivity contribution is 0.112. The SMILES string of the molecule is O=Cc1ccc(F)c(-c2cnc(N3CCOCC3)nc2)c1F. The fourth-order valence-corrected chi connectivity index (χ4v) is 2.30. The fourth-order valence-electron chi connectivity index (χ4n) is 2.30. The van der Waals surface area contributed by atoms with Gasteiger partial charge in [-0.2, -0.15) is 0 Å². The van der Waals surface area contributed by atoms with E-state index in [2.05, 4.69) is 9.97 Å². The molecular formula is C15H13F2N3O2. The van der Waals surface area contributed by atoms with Gasteiger partial charge in [-0.1, -0.05) is 0 Å². The van der Waals surface area contributed by atoms with Gasteiger partial charge in [0.2, 0.25) is 5.95 Å². The number of halogens is 2. The molecule has 0 atom stereocenters. The van der Waals surface area contributed by atoms with Crippen LogP contribution < -0.4 is 4.90 Å². The van der Waals surface area contributed by atoms with Crippen LogP contribution in [0.5, 0.6) is 0 Å². The van der Waals surface area contributed by atoms with Crippen molar-refractivity contribution in [3.63, 3.8) is 0 Å². The Morgan fingerprint density at radius 1 is 1.14 bits per heavy atom. The normalized spacial score (nSPS) is 14.9. The predicted molar refractivity (Wildman–Crippen MR) is 75.8 cm³/mol. The van der Waals surface area contributed by atoms with Crippen LogP contribution in [0.2, 0.25) is 0 Å². The summed E-state index contributed by atoms with van der Waals surface area (Å²) in [5.74, 6) is -1.18. The molecule has 0 unspecified atom stereocenters. The van der Waals surface area contributed by atoms with Crippen LogP contribution in [0, 0.1) is 11.6 Å². The molecule has 0 saturated carbocycles. The summed E-state index contributed by atoms with van der Waals surface area (Å²) < 4.78 is 33.2. The minimum absolute atomic E-state index is 0.190. The van der Waals surface area contributed by atoms with E-state index in [-0.39, 0.29) is 16.7 Å². The summed E-state index contributed by atoms with van der Waals surface area (Å²) in [7, 11) is 0. The number of benzene rings is 1. The molecular weight excluding hydrogens is 292 g/mol. The summed E-state index contributed by atoms with van der Waals surface area (Å²) in [6, 6.07) is 2.15. The van der Waals surface area contributed by atoms with E-state index >= 15 is 0 Å². The number of carbonyl (C=O) groups excluding carboxylic acids is 1. The number of aromatic nitrogens is 2. The zero-order valence-electron chi connectivity index (χ0n) is 11.6. The number of anilines is 1. The molecule has 3 rings (SSSR count). The lowest BCUT2D eigenvalue weighted by Crippen LogP contribution is -2.37. The molecule has 0 spiro atoms. The van der Waals surface area contributed by atoms with Gasteiger partial charge in [-0.3, -0.25) is 4.79 Å². The molecule has 114 valence electrons. The third kappa shape index (κ3) is 2.67. The summed E-state index contributed by atoms with van der Waals surface area (Å²) in [6.07, 6.45) is 3.06. The maximum absolute atomic E-state index is 14.1. The lowest BCUT2D eigenvalue weighted by atomic mass is 10.0. The highest BCUT2D eigenvalue weighted by Crippen LogP contribution is 2.27. The van der Waals surface area contributed by atoms with Gasteiger partial charge in [0.15, 0.2) is 6.29 Å². The van der Waals surface area contributed by atoms with Crippen LogP contribution in [0.1, 0.15) is 10.4 Å². The second-order valence-corrected chi connectivity index (χ2v) is 4.81. The summed E-state index contributed by atoms with van der Waals surface area (Å²) >= 11 is 0. The van der Waals surface area contributed by atoms with Gasteiger partial charge in [-0.25, -0.2) is 18.7 Å². The molecule has 1 saturated heterocycles. The van der Waals surface area contributed by atoms with Crippen molar-refractivity contribution in [3.8, 4) is 11.1 Å². The Hall–Kier alpha value is -2.41. The van der Waals surface area contributed by atoms with Gasteiger partial charge in [0.1, 0.15) is 11.6 Å². The summed E-state index contributed by atoms with van der Waals surface area (Å²) in [5, 5.41) is 0. The van der Waals surface area contributed by atoms with E-state index in [0.29, 0.717) is 38.5 Å². The predicted octanol–water partition coefficient (Wildman–Crippen LogP) is 2.07. The van der Waals surface area contributed by atoms with E-state index < -0.39 is 11.6 Å². The average Bonchev–Trinajstić information content (AvgIpc) is 2.56. The van der Waals surface area contributed by atoms with Gasteiger partial charge in [-0.15, -0.1) is 0 Å². The standard InChI is InChI=1S/C15H13F2N3O2/c16-12-2-1-10(9-21)14(17)13(12)11-7-18-15(19-8-11)20-3-5-22-6-4-20/h1-2,7-9H,3-6H2. The number of carbonyl (C=O) groups is 1. The third-order valence-corrected chi connectivity index (χ3v) is 3.47. The third-order valence-electron chi connectivity index (χ3n) is 3.47. The van der Waals surface area contributed by atoms with Gasteiger partial charge in [-0.05, 0) is 12.1 Å².